The number of hydrogen-bond donors (Lipinski definition) is 2. The van der Waals surface area contributed by atoms with Crippen LogP contribution in [0.3, 0.4) is 0 Å². The molecule has 4 atom stereocenters. The number of nitrogens with one attached hydrogen (secondary N) is 2. The van der Waals surface area contributed by atoms with Crippen LogP contribution in [0.25, 0.3) is 0 Å². The van der Waals surface area contributed by atoms with Gasteiger partial charge in [0, 0.05) is 24.5 Å². The zero-order chi connectivity index (χ0) is 9.97. The summed E-state index contributed by atoms with van der Waals surface area (Å²) < 4.78 is 5.46. The molecule has 1 saturated heterocycles. The lowest BCUT2D eigenvalue weighted by Crippen LogP contribution is -2.39. The molecule has 1 aliphatic heterocycles. The van der Waals surface area contributed by atoms with Gasteiger partial charge in [-0.2, -0.15) is 0 Å². The summed E-state index contributed by atoms with van der Waals surface area (Å²) in [6.45, 7) is 5.20. The quantitative estimate of drug-likeness (QED) is 0.679. The summed E-state index contributed by atoms with van der Waals surface area (Å²) >= 11 is 0. The third-order valence-electron chi connectivity index (χ3n) is 3.66. The van der Waals surface area contributed by atoms with Crippen molar-refractivity contribution in [3.8, 4) is 0 Å². The average Bonchev–Trinajstić information content (AvgIpc) is 2.83. The molecule has 3 heteroatoms. The molecule has 0 radical (unpaired) electrons. The van der Waals surface area contributed by atoms with Crippen LogP contribution in [0.5, 0.6) is 0 Å². The van der Waals surface area contributed by atoms with Gasteiger partial charge in [-0.25, -0.2) is 0 Å². The molecule has 1 heterocycles. The summed E-state index contributed by atoms with van der Waals surface area (Å²) in [5, 5.41) is 6.96. The van der Waals surface area contributed by atoms with Gasteiger partial charge in [0.05, 0.1) is 13.2 Å². The van der Waals surface area contributed by atoms with Crippen molar-refractivity contribution in [2.45, 2.75) is 31.8 Å². The topological polar surface area (TPSA) is 33.3 Å². The van der Waals surface area contributed by atoms with Gasteiger partial charge in [0.15, 0.2) is 0 Å². The molecule has 1 aliphatic carbocycles. The SMILES string of the molecule is CCC1CC1NCC1COCC1NC. The van der Waals surface area contributed by atoms with Gasteiger partial charge in [0.2, 0.25) is 0 Å². The maximum Gasteiger partial charge on any atom is 0.0623 e. The van der Waals surface area contributed by atoms with Crippen LogP contribution >= 0.6 is 0 Å². The van der Waals surface area contributed by atoms with Crippen molar-refractivity contribution < 1.29 is 4.74 Å². The second-order valence-corrected chi connectivity index (χ2v) is 4.61. The van der Waals surface area contributed by atoms with Crippen molar-refractivity contribution in [3.63, 3.8) is 0 Å². The lowest BCUT2D eigenvalue weighted by Gasteiger charge is -2.17. The largest absolute Gasteiger partial charge is 0.379 e. The highest BCUT2D eigenvalue weighted by atomic mass is 16.5. The summed E-state index contributed by atoms with van der Waals surface area (Å²) in [4.78, 5) is 0. The highest BCUT2D eigenvalue weighted by Gasteiger charge is 2.36. The van der Waals surface area contributed by atoms with Gasteiger partial charge in [-0.1, -0.05) is 13.3 Å². The molecule has 2 fully saturated rings. The number of likely N-dealkylation sites (N-methyl/N-ethyl adjacent to an activating group) is 1. The highest BCUT2D eigenvalue weighted by molar-refractivity contribution is 4.93. The number of ether oxygens (including phenoxy) is 1. The minimum atomic E-state index is 0.557. The molecule has 0 aromatic heterocycles. The summed E-state index contributed by atoms with van der Waals surface area (Å²) in [7, 11) is 2.03. The zero-order valence-corrected chi connectivity index (χ0v) is 9.25. The lowest BCUT2D eigenvalue weighted by atomic mass is 10.0. The maximum atomic E-state index is 5.46. The van der Waals surface area contributed by atoms with E-state index in [-0.39, 0.29) is 0 Å². The molecule has 14 heavy (non-hydrogen) atoms. The van der Waals surface area contributed by atoms with E-state index in [9.17, 15) is 0 Å². The van der Waals surface area contributed by atoms with Gasteiger partial charge < -0.3 is 15.4 Å². The summed E-state index contributed by atoms with van der Waals surface area (Å²) in [6, 6.07) is 1.36. The van der Waals surface area contributed by atoms with Crippen molar-refractivity contribution in [2.75, 3.05) is 26.8 Å². The Kier molecular flexibility index (Phi) is 3.42. The monoisotopic (exact) mass is 198 g/mol. The van der Waals surface area contributed by atoms with Gasteiger partial charge in [0.1, 0.15) is 0 Å². The van der Waals surface area contributed by atoms with Crippen LogP contribution in [0.15, 0.2) is 0 Å². The number of hydrogen-bond acceptors (Lipinski definition) is 3. The molecule has 2 rings (SSSR count). The first-order chi connectivity index (χ1) is 6.85. The fourth-order valence-corrected chi connectivity index (χ4v) is 2.37. The molecule has 0 aromatic carbocycles. The van der Waals surface area contributed by atoms with Crippen molar-refractivity contribution in [1.82, 2.24) is 10.6 Å². The molecule has 4 unspecified atom stereocenters. The van der Waals surface area contributed by atoms with E-state index in [1.807, 2.05) is 7.05 Å². The Labute approximate surface area is 86.6 Å². The summed E-state index contributed by atoms with van der Waals surface area (Å²) in [6.07, 6.45) is 2.71. The summed E-state index contributed by atoms with van der Waals surface area (Å²) in [5.41, 5.74) is 0. The van der Waals surface area contributed by atoms with E-state index < -0.39 is 0 Å². The molecule has 0 bridgehead atoms. The first kappa shape index (κ1) is 10.4. The predicted molar refractivity (Wildman–Crippen MR) is 57.3 cm³/mol. The van der Waals surface area contributed by atoms with Crippen LogP contribution in [0.2, 0.25) is 0 Å². The van der Waals surface area contributed by atoms with Crippen LogP contribution in [0.1, 0.15) is 19.8 Å². The fraction of sp³-hybridized carbons (Fsp3) is 1.00. The Morgan fingerprint density at radius 1 is 1.21 bits per heavy atom. The summed E-state index contributed by atoms with van der Waals surface area (Å²) in [5.74, 6) is 1.61. The van der Waals surface area contributed by atoms with Gasteiger partial charge in [-0.15, -0.1) is 0 Å². The Hall–Kier alpha value is -0.120. The van der Waals surface area contributed by atoms with Crippen molar-refractivity contribution in [1.29, 1.82) is 0 Å². The van der Waals surface area contributed by atoms with E-state index in [1.54, 1.807) is 0 Å². The molecule has 0 aromatic rings. The maximum absolute atomic E-state index is 5.46. The Morgan fingerprint density at radius 2 is 2.07 bits per heavy atom. The third kappa shape index (κ3) is 2.27. The Morgan fingerprint density at radius 3 is 2.71 bits per heavy atom. The Balaban J connectivity index is 1.65. The fourth-order valence-electron chi connectivity index (χ4n) is 2.37. The molecule has 3 nitrogen and oxygen atoms in total. The third-order valence-corrected chi connectivity index (χ3v) is 3.66. The van der Waals surface area contributed by atoms with Crippen molar-refractivity contribution in [2.24, 2.45) is 11.8 Å². The molecule has 2 N–H and O–H groups in total. The second kappa shape index (κ2) is 4.60. The minimum absolute atomic E-state index is 0.557. The predicted octanol–water partition coefficient (Wildman–Crippen LogP) is 0.609. The molecular formula is C11H22N2O. The molecule has 1 saturated carbocycles. The van der Waals surface area contributed by atoms with Crippen molar-refractivity contribution in [3.05, 3.63) is 0 Å². The lowest BCUT2D eigenvalue weighted by molar-refractivity contribution is 0.182. The van der Waals surface area contributed by atoms with Gasteiger partial charge in [-0.05, 0) is 19.4 Å². The average molecular weight is 198 g/mol. The van der Waals surface area contributed by atoms with Gasteiger partial charge in [0.25, 0.3) is 0 Å². The van der Waals surface area contributed by atoms with E-state index >= 15 is 0 Å². The molecule has 2 aliphatic rings. The van der Waals surface area contributed by atoms with Crippen LogP contribution in [-0.2, 0) is 4.74 Å². The standard InChI is InChI=1S/C11H22N2O/c1-3-8-4-10(8)13-5-9-6-14-7-11(9)12-2/h8-13H,3-7H2,1-2H3. The smallest absolute Gasteiger partial charge is 0.0623 e. The van der Waals surface area contributed by atoms with E-state index in [2.05, 4.69) is 17.6 Å². The number of rotatable bonds is 5. The molecule has 82 valence electrons. The molecule has 0 spiro atoms. The van der Waals surface area contributed by atoms with Crippen LogP contribution in [0, 0.1) is 11.8 Å². The van der Waals surface area contributed by atoms with Crippen LogP contribution in [0.4, 0.5) is 0 Å². The van der Waals surface area contributed by atoms with Gasteiger partial charge in [-0.3, -0.25) is 0 Å². The molecule has 0 amide bonds. The van der Waals surface area contributed by atoms with Crippen LogP contribution in [-0.4, -0.2) is 38.9 Å². The molecular weight excluding hydrogens is 176 g/mol. The van der Waals surface area contributed by atoms with E-state index in [4.69, 9.17) is 4.74 Å². The second-order valence-electron chi connectivity index (χ2n) is 4.61. The zero-order valence-electron chi connectivity index (χ0n) is 9.25. The van der Waals surface area contributed by atoms with Crippen LogP contribution < -0.4 is 10.6 Å². The van der Waals surface area contributed by atoms with E-state index in [0.29, 0.717) is 12.0 Å². The minimum Gasteiger partial charge on any atom is -0.379 e. The van der Waals surface area contributed by atoms with E-state index in [1.165, 1.54) is 12.8 Å². The van der Waals surface area contributed by atoms with Crippen molar-refractivity contribution >= 4 is 0 Å². The van der Waals surface area contributed by atoms with Gasteiger partial charge >= 0.3 is 0 Å². The Bertz CT molecular complexity index is 186. The first-order valence-electron chi connectivity index (χ1n) is 5.83. The highest BCUT2D eigenvalue weighted by Crippen LogP contribution is 2.33. The normalized spacial score (nSPS) is 41.6. The van der Waals surface area contributed by atoms with E-state index in [0.717, 1.165) is 31.7 Å². The first-order valence-corrected chi connectivity index (χ1v) is 5.83.